The molecule has 2 aromatic heterocycles. The van der Waals surface area contributed by atoms with Gasteiger partial charge in [-0.3, -0.25) is 4.79 Å². The Morgan fingerprint density at radius 3 is 2.61 bits per heavy atom. The van der Waals surface area contributed by atoms with E-state index < -0.39 is 0 Å². The standard InChI is InChI=1S/C32H21N3O/c36-31-23-13-5-4-12-22(23)29-26-18-32(26)15-7-6-11-21(17-32)28-25(19-35(29)31)27(20-9-2-1-3-10-20)24-14-8-16-33-30(24)34-28/h1-17H,18-19H2/b29-26-. The van der Waals surface area contributed by atoms with Crippen LogP contribution in [0.3, 0.4) is 0 Å². The van der Waals surface area contributed by atoms with Gasteiger partial charge in [-0.05, 0) is 46.9 Å². The second-order valence-corrected chi connectivity index (χ2v) is 9.85. The molecule has 0 N–H and O–H groups in total. The first-order valence-electron chi connectivity index (χ1n) is 12.3. The van der Waals surface area contributed by atoms with Crippen molar-refractivity contribution in [2.75, 3.05) is 0 Å². The first-order valence-corrected chi connectivity index (χ1v) is 12.3. The summed E-state index contributed by atoms with van der Waals surface area (Å²) in [5.41, 5.74) is 9.93. The van der Waals surface area contributed by atoms with Gasteiger partial charge in [-0.1, -0.05) is 78.9 Å². The van der Waals surface area contributed by atoms with Crippen molar-refractivity contribution in [3.63, 3.8) is 0 Å². The number of allylic oxidation sites excluding steroid dienone is 7. The molecule has 1 amide bonds. The van der Waals surface area contributed by atoms with Gasteiger partial charge < -0.3 is 4.90 Å². The van der Waals surface area contributed by atoms with Gasteiger partial charge in [0.15, 0.2) is 5.65 Å². The van der Waals surface area contributed by atoms with E-state index in [2.05, 4.69) is 71.8 Å². The molecule has 0 saturated heterocycles. The minimum atomic E-state index is -0.195. The van der Waals surface area contributed by atoms with Crippen LogP contribution >= 0.6 is 0 Å². The van der Waals surface area contributed by atoms with E-state index in [9.17, 15) is 4.79 Å². The predicted molar refractivity (Wildman–Crippen MR) is 142 cm³/mol. The Labute approximate surface area is 208 Å². The average Bonchev–Trinajstić information content (AvgIpc) is 3.59. The summed E-state index contributed by atoms with van der Waals surface area (Å²) in [6.07, 6.45) is 13.7. The fourth-order valence-corrected chi connectivity index (χ4v) is 6.12. The van der Waals surface area contributed by atoms with Gasteiger partial charge in [-0.25, -0.2) is 9.97 Å². The zero-order valence-corrected chi connectivity index (χ0v) is 19.5. The normalized spacial score (nSPS) is 23.1. The summed E-state index contributed by atoms with van der Waals surface area (Å²) in [6, 6.07) is 22.5. The number of nitrogens with zero attached hydrogens (tertiary/aromatic N) is 3. The van der Waals surface area contributed by atoms with Crippen molar-refractivity contribution in [2.24, 2.45) is 5.41 Å². The Morgan fingerprint density at radius 2 is 1.72 bits per heavy atom. The molecule has 4 aliphatic rings. The van der Waals surface area contributed by atoms with Crippen molar-refractivity contribution in [1.29, 1.82) is 0 Å². The Kier molecular flexibility index (Phi) is 3.82. The van der Waals surface area contributed by atoms with Crippen LogP contribution in [0.1, 0.15) is 33.6 Å². The van der Waals surface area contributed by atoms with E-state index in [1.807, 2.05) is 35.2 Å². The lowest BCUT2D eigenvalue weighted by atomic mass is 9.91. The second kappa shape index (κ2) is 6.98. The Hall–Kier alpha value is -4.57. The molecule has 1 saturated carbocycles. The highest BCUT2D eigenvalue weighted by Crippen LogP contribution is 2.62. The first kappa shape index (κ1) is 19.7. The van der Waals surface area contributed by atoms with Crippen LogP contribution in [-0.2, 0) is 6.54 Å². The molecule has 1 fully saturated rings. The van der Waals surface area contributed by atoms with Gasteiger partial charge in [-0.2, -0.15) is 0 Å². The minimum absolute atomic E-state index is 0.0603. The molecule has 4 aromatic rings. The maximum atomic E-state index is 13.9. The monoisotopic (exact) mass is 463 g/mol. The molecule has 2 aliphatic carbocycles. The van der Waals surface area contributed by atoms with Crippen molar-refractivity contribution in [3.05, 3.63) is 131 Å². The maximum absolute atomic E-state index is 13.9. The molecular weight excluding hydrogens is 442 g/mol. The number of amides is 1. The Balaban J connectivity index is 1.50. The zero-order chi connectivity index (χ0) is 23.9. The molecule has 1 unspecified atom stereocenters. The van der Waals surface area contributed by atoms with Crippen molar-refractivity contribution in [3.8, 4) is 11.1 Å². The number of pyridine rings is 2. The molecule has 1 spiro atoms. The van der Waals surface area contributed by atoms with Gasteiger partial charge in [0, 0.05) is 33.7 Å². The highest BCUT2D eigenvalue weighted by molar-refractivity contribution is 6.11. The van der Waals surface area contributed by atoms with E-state index in [-0.39, 0.29) is 11.3 Å². The number of hydrogen-bond acceptors (Lipinski definition) is 3. The molecule has 2 aliphatic heterocycles. The van der Waals surface area contributed by atoms with E-state index in [0.717, 1.165) is 62.2 Å². The third-order valence-electron chi connectivity index (χ3n) is 7.83. The largest absolute Gasteiger partial charge is 0.303 e. The SMILES string of the molecule is O=C1c2ccccc2/C2=C3\CC34C=CC=CC(=C4)c3nc4ncccc4c(-c4ccccc4)c3CN12. The van der Waals surface area contributed by atoms with Gasteiger partial charge in [0.2, 0.25) is 0 Å². The molecule has 4 nitrogen and oxygen atoms in total. The van der Waals surface area contributed by atoms with E-state index >= 15 is 0 Å². The zero-order valence-electron chi connectivity index (χ0n) is 19.5. The van der Waals surface area contributed by atoms with Crippen LogP contribution in [0.4, 0.5) is 0 Å². The van der Waals surface area contributed by atoms with Crippen LogP contribution in [-0.4, -0.2) is 20.8 Å². The molecule has 4 heterocycles. The molecule has 2 bridgehead atoms. The lowest BCUT2D eigenvalue weighted by Gasteiger charge is -2.23. The van der Waals surface area contributed by atoms with Gasteiger partial charge in [-0.15, -0.1) is 0 Å². The molecule has 2 aromatic carbocycles. The van der Waals surface area contributed by atoms with Crippen LogP contribution < -0.4 is 0 Å². The number of rotatable bonds is 1. The predicted octanol–water partition coefficient (Wildman–Crippen LogP) is 6.58. The van der Waals surface area contributed by atoms with Crippen LogP contribution in [0, 0.1) is 5.41 Å². The highest BCUT2D eigenvalue weighted by atomic mass is 16.2. The van der Waals surface area contributed by atoms with E-state index in [0.29, 0.717) is 6.54 Å². The average molecular weight is 464 g/mol. The summed E-state index contributed by atoms with van der Waals surface area (Å²) in [5, 5.41) is 0.997. The number of carbonyl (C=O) groups is 1. The molecule has 8 rings (SSSR count). The van der Waals surface area contributed by atoms with E-state index in [4.69, 9.17) is 4.98 Å². The molecule has 0 radical (unpaired) electrons. The number of hydrogen-bond donors (Lipinski definition) is 0. The highest BCUT2D eigenvalue weighted by Gasteiger charge is 2.52. The molecular formula is C32H21N3O. The topological polar surface area (TPSA) is 46.1 Å². The molecule has 170 valence electrons. The summed E-state index contributed by atoms with van der Waals surface area (Å²) < 4.78 is 0. The van der Waals surface area contributed by atoms with Crippen molar-refractivity contribution >= 4 is 28.2 Å². The Bertz CT molecular complexity index is 1760. The quantitative estimate of drug-likeness (QED) is 0.320. The Morgan fingerprint density at radius 1 is 0.889 bits per heavy atom. The second-order valence-electron chi connectivity index (χ2n) is 9.85. The van der Waals surface area contributed by atoms with E-state index in [1.54, 1.807) is 6.20 Å². The van der Waals surface area contributed by atoms with Gasteiger partial charge in [0.25, 0.3) is 5.91 Å². The summed E-state index contributed by atoms with van der Waals surface area (Å²) in [5.74, 6) is 0.0603. The summed E-state index contributed by atoms with van der Waals surface area (Å²) in [7, 11) is 0. The van der Waals surface area contributed by atoms with Crippen molar-refractivity contribution in [2.45, 2.75) is 13.0 Å². The first-order chi connectivity index (χ1) is 17.7. The molecule has 36 heavy (non-hydrogen) atoms. The van der Waals surface area contributed by atoms with Gasteiger partial charge in [0.1, 0.15) is 0 Å². The van der Waals surface area contributed by atoms with Crippen molar-refractivity contribution < 1.29 is 4.79 Å². The number of benzene rings is 2. The summed E-state index contributed by atoms with van der Waals surface area (Å²) in [4.78, 5) is 25.6. The van der Waals surface area contributed by atoms with Gasteiger partial charge >= 0.3 is 0 Å². The van der Waals surface area contributed by atoms with Crippen molar-refractivity contribution in [1.82, 2.24) is 14.9 Å². The third-order valence-corrected chi connectivity index (χ3v) is 7.83. The van der Waals surface area contributed by atoms with Gasteiger partial charge in [0.05, 0.1) is 17.9 Å². The third kappa shape index (κ3) is 2.61. The van der Waals surface area contributed by atoms with Crippen LogP contribution in [0.15, 0.2) is 109 Å². The van der Waals surface area contributed by atoms with E-state index in [1.165, 1.54) is 5.57 Å². The number of aromatic nitrogens is 2. The fourth-order valence-electron chi connectivity index (χ4n) is 6.12. The number of carbonyl (C=O) groups excluding carboxylic acids is 1. The van der Waals surface area contributed by atoms with Crippen LogP contribution in [0.2, 0.25) is 0 Å². The minimum Gasteiger partial charge on any atom is -0.303 e. The smallest absolute Gasteiger partial charge is 0.259 e. The lowest BCUT2D eigenvalue weighted by Crippen LogP contribution is -2.24. The van der Waals surface area contributed by atoms with Crippen LogP contribution in [0.5, 0.6) is 0 Å². The summed E-state index contributed by atoms with van der Waals surface area (Å²) in [6.45, 7) is 0.453. The molecule has 4 heteroatoms. The van der Waals surface area contributed by atoms with Crippen LogP contribution in [0.25, 0.3) is 33.4 Å². The fraction of sp³-hybridized carbons (Fsp3) is 0.0938. The molecule has 1 atom stereocenters. The lowest BCUT2D eigenvalue weighted by molar-refractivity contribution is 0.0842. The summed E-state index contributed by atoms with van der Waals surface area (Å²) >= 11 is 0. The number of fused-ring (bicyclic) bond motifs is 6. The maximum Gasteiger partial charge on any atom is 0.259 e.